The smallest absolute Gasteiger partial charge is 0.118 e. The van der Waals surface area contributed by atoms with Gasteiger partial charge in [-0.15, -0.1) is 0 Å². The topological polar surface area (TPSA) is 9.23 Å². The van der Waals surface area contributed by atoms with E-state index in [0.29, 0.717) is 5.02 Å². The Hall–Kier alpha value is -1.96. The van der Waals surface area contributed by atoms with E-state index < -0.39 is 0 Å². The minimum atomic E-state index is 0.710. The summed E-state index contributed by atoms with van der Waals surface area (Å²) in [5.41, 5.74) is 4.22. The number of hydrogen-bond acceptors (Lipinski definition) is 1. The quantitative estimate of drug-likeness (QED) is 0.545. The first-order valence-electron chi connectivity index (χ1n) is 6.88. The monoisotopic (exact) mass is 328 g/mol. The van der Waals surface area contributed by atoms with Crippen LogP contribution in [-0.2, 0) is 0 Å². The van der Waals surface area contributed by atoms with Gasteiger partial charge in [-0.3, -0.25) is 0 Å². The van der Waals surface area contributed by atoms with Crippen molar-refractivity contribution in [3.05, 3.63) is 76.8 Å². The Morgan fingerprint density at radius 1 is 0.727 bits per heavy atom. The maximum atomic E-state index is 6.45. The normalized spacial score (nSPS) is 10.5. The minimum Gasteiger partial charge on any atom is -0.497 e. The molecule has 22 heavy (non-hydrogen) atoms. The van der Waals surface area contributed by atoms with Crippen LogP contribution in [0.2, 0.25) is 10.0 Å². The van der Waals surface area contributed by atoms with Crippen molar-refractivity contribution < 1.29 is 4.74 Å². The Kier molecular flexibility index (Phi) is 4.37. The third-order valence-corrected chi connectivity index (χ3v) is 4.11. The average molecular weight is 329 g/mol. The fourth-order valence-electron chi connectivity index (χ4n) is 2.45. The van der Waals surface area contributed by atoms with Gasteiger partial charge in [0.15, 0.2) is 0 Å². The first-order valence-corrected chi connectivity index (χ1v) is 7.63. The Morgan fingerprint density at radius 3 is 2.00 bits per heavy atom. The molecular formula is C19H14Cl2O. The lowest BCUT2D eigenvalue weighted by Crippen LogP contribution is -1.88. The summed E-state index contributed by atoms with van der Waals surface area (Å²) >= 11 is 12.4. The fourth-order valence-corrected chi connectivity index (χ4v) is 2.85. The van der Waals surface area contributed by atoms with Crippen molar-refractivity contribution in [3.8, 4) is 28.0 Å². The largest absolute Gasteiger partial charge is 0.497 e. The zero-order valence-corrected chi connectivity index (χ0v) is 13.5. The molecule has 0 atom stereocenters. The molecule has 3 aromatic rings. The van der Waals surface area contributed by atoms with Gasteiger partial charge in [-0.2, -0.15) is 0 Å². The molecule has 3 aromatic carbocycles. The van der Waals surface area contributed by atoms with Gasteiger partial charge in [0.2, 0.25) is 0 Å². The molecule has 0 radical (unpaired) electrons. The number of rotatable bonds is 3. The first-order chi connectivity index (χ1) is 10.7. The summed E-state index contributed by atoms with van der Waals surface area (Å²) in [6, 6.07) is 21.6. The molecule has 0 aliphatic carbocycles. The molecule has 0 saturated carbocycles. The molecule has 0 aromatic heterocycles. The molecule has 0 saturated heterocycles. The number of halogens is 2. The summed E-state index contributed by atoms with van der Waals surface area (Å²) in [5.74, 6) is 0.832. The lowest BCUT2D eigenvalue weighted by Gasteiger charge is -2.13. The van der Waals surface area contributed by atoms with E-state index in [0.717, 1.165) is 33.0 Å². The van der Waals surface area contributed by atoms with Crippen LogP contribution in [0.1, 0.15) is 0 Å². The average Bonchev–Trinajstić information content (AvgIpc) is 2.56. The molecule has 1 nitrogen and oxygen atoms in total. The Bertz CT molecular complexity index is 778. The number of methoxy groups -OCH3 is 1. The summed E-state index contributed by atoms with van der Waals surface area (Å²) in [6.07, 6.45) is 0. The summed E-state index contributed by atoms with van der Waals surface area (Å²) in [7, 11) is 1.66. The molecule has 0 spiro atoms. The fraction of sp³-hybridized carbons (Fsp3) is 0.0526. The maximum Gasteiger partial charge on any atom is 0.118 e. The van der Waals surface area contributed by atoms with E-state index in [4.69, 9.17) is 27.9 Å². The Labute approximate surface area is 140 Å². The number of hydrogen-bond donors (Lipinski definition) is 0. The van der Waals surface area contributed by atoms with Crippen molar-refractivity contribution >= 4 is 23.2 Å². The molecule has 0 amide bonds. The van der Waals surface area contributed by atoms with Crippen LogP contribution in [-0.4, -0.2) is 7.11 Å². The van der Waals surface area contributed by atoms with Crippen LogP contribution in [0.15, 0.2) is 66.7 Å². The number of benzene rings is 3. The molecule has 3 rings (SSSR count). The van der Waals surface area contributed by atoms with Crippen molar-refractivity contribution in [2.24, 2.45) is 0 Å². The molecule has 0 aliphatic rings. The molecule has 0 heterocycles. The zero-order valence-electron chi connectivity index (χ0n) is 12.0. The van der Waals surface area contributed by atoms with E-state index in [1.807, 2.05) is 60.7 Å². The predicted molar refractivity (Wildman–Crippen MR) is 93.9 cm³/mol. The van der Waals surface area contributed by atoms with Crippen LogP contribution >= 0.6 is 23.2 Å². The van der Waals surface area contributed by atoms with E-state index in [2.05, 4.69) is 6.07 Å². The van der Waals surface area contributed by atoms with Crippen LogP contribution in [0.5, 0.6) is 5.75 Å². The summed E-state index contributed by atoms with van der Waals surface area (Å²) in [4.78, 5) is 0. The molecule has 0 N–H and O–H groups in total. The predicted octanol–water partition coefficient (Wildman–Crippen LogP) is 6.34. The molecule has 3 heteroatoms. The van der Waals surface area contributed by atoms with Crippen molar-refractivity contribution in [1.82, 2.24) is 0 Å². The van der Waals surface area contributed by atoms with Crippen molar-refractivity contribution in [2.75, 3.05) is 7.11 Å². The van der Waals surface area contributed by atoms with Gasteiger partial charge in [-0.05, 0) is 47.0 Å². The Balaban J connectivity index is 2.15. The lowest BCUT2D eigenvalue weighted by molar-refractivity contribution is 0.415. The SMILES string of the molecule is COc1ccc(-c2cccc(Cl)c2-c2ccc(Cl)cc2)cc1. The minimum absolute atomic E-state index is 0.710. The van der Waals surface area contributed by atoms with Gasteiger partial charge < -0.3 is 4.74 Å². The third kappa shape index (κ3) is 2.96. The molecule has 0 bridgehead atoms. The number of ether oxygens (including phenoxy) is 1. The summed E-state index contributed by atoms with van der Waals surface area (Å²) in [5, 5.41) is 1.43. The zero-order chi connectivity index (χ0) is 15.5. The highest BCUT2D eigenvalue weighted by Gasteiger charge is 2.11. The molecule has 0 fully saturated rings. The summed E-state index contributed by atoms with van der Waals surface area (Å²) < 4.78 is 5.22. The van der Waals surface area contributed by atoms with Crippen molar-refractivity contribution in [2.45, 2.75) is 0 Å². The van der Waals surface area contributed by atoms with E-state index in [9.17, 15) is 0 Å². The second kappa shape index (κ2) is 6.43. The van der Waals surface area contributed by atoms with Crippen molar-refractivity contribution in [3.63, 3.8) is 0 Å². The Morgan fingerprint density at radius 2 is 1.36 bits per heavy atom. The molecule has 110 valence electrons. The van der Waals surface area contributed by atoms with Gasteiger partial charge in [0, 0.05) is 15.6 Å². The standard InChI is InChI=1S/C19H14Cl2O/c1-22-16-11-7-13(8-12-16)17-3-2-4-18(21)19(17)14-5-9-15(20)10-6-14/h2-12H,1H3. The van der Waals surface area contributed by atoms with Crippen LogP contribution in [0.4, 0.5) is 0 Å². The van der Waals surface area contributed by atoms with Crippen LogP contribution in [0.25, 0.3) is 22.3 Å². The molecule has 0 unspecified atom stereocenters. The van der Waals surface area contributed by atoms with Crippen LogP contribution in [0, 0.1) is 0 Å². The van der Waals surface area contributed by atoms with E-state index in [-0.39, 0.29) is 0 Å². The lowest BCUT2D eigenvalue weighted by atomic mass is 9.94. The van der Waals surface area contributed by atoms with Gasteiger partial charge >= 0.3 is 0 Å². The highest BCUT2D eigenvalue weighted by atomic mass is 35.5. The third-order valence-electron chi connectivity index (χ3n) is 3.55. The second-order valence-electron chi connectivity index (χ2n) is 4.90. The van der Waals surface area contributed by atoms with E-state index in [1.165, 1.54) is 0 Å². The first kappa shape index (κ1) is 15.0. The molecular weight excluding hydrogens is 315 g/mol. The maximum absolute atomic E-state index is 6.45. The van der Waals surface area contributed by atoms with Gasteiger partial charge in [0.1, 0.15) is 5.75 Å². The van der Waals surface area contributed by atoms with Gasteiger partial charge in [0.25, 0.3) is 0 Å². The van der Waals surface area contributed by atoms with E-state index >= 15 is 0 Å². The van der Waals surface area contributed by atoms with Gasteiger partial charge in [0.05, 0.1) is 7.11 Å². The second-order valence-corrected chi connectivity index (χ2v) is 5.74. The van der Waals surface area contributed by atoms with Crippen LogP contribution in [0.3, 0.4) is 0 Å². The van der Waals surface area contributed by atoms with E-state index in [1.54, 1.807) is 7.11 Å². The van der Waals surface area contributed by atoms with Crippen LogP contribution < -0.4 is 4.74 Å². The van der Waals surface area contributed by atoms with Gasteiger partial charge in [-0.25, -0.2) is 0 Å². The highest BCUT2D eigenvalue weighted by molar-refractivity contribution is 6.34. The molecule has 0 aliphatic heterocycles. The summed E-state index contributed by atoms with van der Waals surface area (Å²) in [6.45, 7) is 0. The van der Waals surface area contributed by atoms with Crippen molar-refractivity contribution in [1.29, 1.82) is 0 Å². The van der Waals surface area contributed by atoms with Gasteiger partial charge in [-0.1, -0.05) is 59.6 Å². The highest BCUT2D eigenvalue weighted by Crippen LogP contribution is 2.38.